The molecule has 0 bridgehead atoms. The number of aromatic nitrogens is 2. The molecule has 0 spiro atoms. The molecule has 0 unspecified atom stereocenters. The summed E-state index contributed by atoms with van der Waals surface area (Å²) in [5.41, 5.74) is 0.570. The number of aromatic hydroxyl groups is 2. The van der Waals surface area contributed by atoms with Crippen molar-refractivity contribution >= 4 is 0 Å². The lowest BCUT2D eigenvalue weighted by atomic mass is 9.82. The summed E-state index contributed by atoms with van der Waals surface area (Å²) in [7, 11) is 0. The smallest absolute Gasteiger partial charge is 0.230 e. The van der Waals surface area contributed by atoms with E-state index in [-0.39, 0.29) is 23.5 Å². The molecule has 1 fully saturated rings. The van der Waals surface area contributed by atoms with Crippen LogP contribution < -0.4 is 0 Å². The van der Waals surface area contributed by atoms with E-state index >= 15 is 0 Å². The quantitative estimate of drug-likeness (QED) is 0.694. The highest BCUT2D eigenvalue weighted by Crippen LogP contribution is 2.37. The van der Waals surface area contributed by atoms with Gasteiger partial charge in [-0.1, -0.05) is 5.16 Å². The summed E-state index contributed by atoms with van der Waals surface area (Å²) in [6.45, 7) is 0. The van der Waals surface area contributed by atoms with E-state index in [2.05, 4.69) is 10.1 Å². The van der Waals surface area contributed by atoms with Crippen molar-refractivity contribution in [1.82, 2.24) is 10.1 Å². The van der Waals surface area contributed by atoms with Crippen molar-refractivity contribution in [3.05, 3.63) is 24.1 Å². The summed E-state index contributed by atoms with van der Waals surface area (Å²) >= 11 is 0. The highest BCUT2D eigenvalue weighted by molar-refractivity contribution is 5.59. The van der Waals surface area contributed by atoms with Crippen LogP contribution in [0.5, 0.6) is 11.5 Å². The minimum atomic E-state index is -0.275. The second-order valence-electron chi connectivity index (χ2n) is 4.48. The third-order valence-corrected chi connectivity index (χ3v) is 3.14. The number of nitrogens with zero attached hydrogens (tertiary/aromatic N) is 2. The van der Waals surface area contributed by atoms with Crippen molar-refractivity contribution in [2.24, 2.45) is 0 Å². The average molecular weight is 248 g/mol. The molecule has 1 heterocycles. The second kappa shape index (κ2) is 3.99. The minimum Gasteiger partial charge on any atom is -0.504 e. The Hall–Kier alpha value is -2.08. The van der Waals surface area contributed by atoms with Crippen molar-refractivity contribution < 1.29 is 19.8 Å². The lowest BCUT2D eigenvalue weighted by molar-refractivity contribution is 0.0625. The summed E-state index contributed by atoms with van der Waals surface area (Å²) in [6, 6.07) is 4.34. The van der Waals surface area contributed by atoms with Crippen LogP contribution in [-0.4, -0.2) is 31.6 Å². The molecule has 1 aromatic heterocycles. The first-order valence-electron chi connectivity index (χ1n) is 5.67. The Morgan fingerprint density at radius 2 is 1.94 bits per heavy atom. The molecule has 6 heteroatoms. The maximum absolute atomic E-state index is 9.40. The van der Waals surface area contributed by atoms with Gasteiger partial charge < -0.3 is 19.8 Å². The summed E-state index contributed by atoms with van der Waals surface area (Å²) in [4.78, 5) is 4.23. The summed E-state index contributed by atoms with van der Waals surface area (Å²) in [6.07, 6.45) is 1.01. The van der Waals surface area contributed by atoms with Crippen molar-refractivity contribution in [1.29, 1.82) is 0 Å². The van der Waals surface area contributed by atoms with Gasteiger partial charge in [-0.05, 0) is 31.0 Å². The number of benzene rings is 1. The predicted molar refractivity (Wildman–Crippen MR) is 61.0 cm³/mol. The Labute approximate surface area is 103 Å². The molecule has 3 N–H and O–H groups in total. The van der Waals surface area contributed by atoms with Gasteiger partial charge >= 0.3 is 0 Å². The highest BCUT2D eigenvalue weighted by Gasteiger charge is 2.33. The molecule has 0 amide bonds. The van der Waals surface area contributed by atoms with Crippen LogP contribution in [0.15, 0.2) is 22.7 Å². The van der Waals surface area contributed by atoms with Crippen LogP contribution in [0, 0.1) is 0 Å². The van der Waals surface area contributed by atoms with Gasteiger partial charge in [0.05, 0.1) is 6.10 Å². The van der Waals surface area contributed by atoms with Crippen LogP contribution in [0.4, 0.5) is 0 Å². The van der Waals surface area contributed by atoms with Gasteiger partial charge in [0.2, 0.25) is 11.7 Å². The number of hydrogen-bond acceptors (Lipinski definition) is 6. The molecule has 18 heavy (non-hydrogen) atoms. The van der Waals surface area contributed by atoms with Crippen molar-refractivity contribution in [2.45, 2.75) is 24.9 Å². The van der Waals surface area contributed by atoms with E-state index in [4.69, 9.17) is 4.52 Å². The summed E-state index contributed by atoms with van der Waals surface area (Å²) in [5.74, 6) is 0.569. The van der Waals surface area contributed by atoms with E-state index in [1.165, 1.54) is 12.1 Å². The number of phenolic OH excluding ortho intramolecular Hbond substituents is 2. The number of rotatable bonds is 2. The van der Waals surface area contributed by atoms with E-state index in [0.717, 1.165) is 0 Å². The van der Waals surface area contributed by atoms with E-state index in [1.807, 2.05) is 0 Å². The van der Waals surface area contributed by atoms with Crippen LogP contribution in [0.2, 0.25) is 0 Å². The van der Waals surface area contributed by atoms with Gasteiger partial charge in [0.25, 0.3) is 0 Å². The fraction of sp³-hybridized carbons (Fsp3) is 0.333. The van der Waals surface area contributed by atoms with Gasteiger partial charge in [0.15, 0.2) is 11.5 Å². The molecule has 1 aliphatic rings. The second-order valence-corrected chi connectivity index (χ2v) is 4.48. The lowest BCUT2D eigenvalue weighted by Gasteiger charge is -2.27. The highest BCUT2D eigenvalue weighted by atomic mass is 16.5. The van der Waals surface area contributed by atoms with E-state index in [1.54, 1.807) is 6.07 Å². The summed E-state index contributed by atoms with van der Waals surface area (Å²) in [5, 5.41) is 31.7. The Bertz CT molecular complexity index is 575. The molecular weight excluding hydrogens is 236 g/mol. The molecular formula is C12H12N2O4. The number of phenols is 2. The molecule has 1 aliphatic carbocycles. The van der Waals surface area contributed by atoms with E-state index in [0.29, 0.717) is 30.1 Å². The fourth-order valence-corrected chi connectivity index (χ4v) is 1.97. The van der Waals surface area contributed by atoms with Gasteiger partial charge in [-0.3, -0.25) is 0 Å². The average Bonchev–Trinajstić information content (AvgIpc) is 2.78. The molecule has 1 saturated carbocycles. The van der Waals surface area contributed by atoms with Crippen molar-refractivity contribution in [3.63, 3.8) is 0 Å². The molecule has 1 aromatic carbocycles. The Kier molecular flexibility index (Phi) is 2.45. The van der Waals surface area contributed by atoms with E-state index < -0.39 is 0 Å². The molecule has 0 aliphatic heterocycles. The van der Waals surface area contributed by atoms with Crippen LogP contribution >= 0.6 is 0 Å². The Balaban J connectivity index is 1.86. The molecule has 94 valence electrons. The number of aliphatic hydroxyl groups excluding tert-OH is 1. The zero-order valence-corrected chi connectivity index (χ0v) is 9.45. The van der Waals surface area contributed by atoms with E-state index in [9.17, 15) is 15.3 Å². The molecule has 0 saturated heterocycles. The maximum Gasteiger partial charge on any atom is 0.230 e. The molecule has 3 rings (SSSR count). The van der Waals surface area contributed by atoms with Gasteiger partial charge in [-0.15, -0.1) is 0 Å². The first kappa shape index (κ1) is 11.0. The SMILES string of the molecule is Oc1ccc(-c2noc(C3CC(O)C3)n2)cc1O. The third-order valence-electron chi connectivity index (χ3n) is 3.14. The molecule has 6 nitrogen and oxygen atoms in total. The molecule has 0 atom stereocenters. The first-order chi connectivity index (χ1) is 8.63. The fourth-order valence-electron chi connectivity index (χ4n) is 1.97. The Morgan fingerprint density at radius 1 is 1.17 bits per heavy atom. The largest absolute Gasteiger partial charge is 0.504 e. The topological polar surface area (TPSA) is 99.6 Å². The number of hydrogen-bond donors (Lipinski definition) is 3. The summed E-state index contributed by atoms with van der Waals surface area (Å²) < 4.78 is 5.13. The monoisotopic (exact) mass is 248 g/mol. The third kappa shape index (κ3) is 1.80. The van der Waals surface area contributed by atoms with Crippen LogP contribution in [-0.2, 0) is 0 Å². The standard InChI is InChI=1S/C12H12N2O4/c15-8-3-7(4-8)12-13-11(14-18-12)6-1-2-9(16)10(17)5-6/h1-2,5,7-8,15-17H,3-4H2. The van der Waals surface area contributed by atoms with Gasteiger partial charge in [-0.2, -0.15) is 4.98 Å². The van der Waals surface area contributed by atoms with Gasteiger partial charge in [0, 0.05) is 11.5 Å². The normalized spacial score (nSPS) is 22.7. The van der Waals surface area contributed by atoms with Gasteiger partial charge in [-0.25, -0.2) is 0 Å². The molecule has 0 radical (unpaired) electrons. The predicted octanol–water partition coefficient (Wildman–Crippen LogP) is 1.39. The van der Waals surface area contributed by atoms with Crippen LogP contribution in [0.3, 0.4) is 0 Å². The first-order valence-corrected chi connectivity index (χ1v) is 5.67. The maximum atomic E-state index is 9.40. The van der Waals surface area contributed by atoms with Crippen LogP contribution in [0.25, 0.3) is 11.4 Å². The van der Waals surface area contributed by atoms with Crippen LogP contribution in [0.1, 0.15) is 24.7 Å². The zero-order chi connectivity index (χ0) is 12.7. The van der Waals surface area contributed by atoms with Crippen molar-refractivity contribution in [3.8, 4) is 22.9 Å². The minimum absolute atomic E-state index is 0.118. The molecule has 2 aromatic rings. The van der Waals surface area contributed by atoms with Gasteiger partial charge in [0.1, 0.15) is 0 Å². The van der Waals surface area contributed by atoms with Crippen molar-refractivity contribution in [2.75, 3.05) is 0 Å². The zero-order valence-electron chi connectivity index (χ0n) is 9.45. The Morgan fingerprint density at radius 3 is 2.61 bits per heavy atom. The lowest BCUT2D eigenvalue weighted by Crippen LogP contribution is -2.26. The number of aliphatic hydroxyl groups is 1.